The van der Waals surface area contributed by atoms with E-state index in [1.165, 1.54) is 12.3 Å². The average Bonchev–Trinajstić information content (AvgIpc) is 2.19. The van der Waals surface area contributed by atoms with Gasteiger partial charge in [0.15, 0.2) is 5.76 Å². The van der Waals surface area contributed by atoms with Crippen molar-refractivity contribution in [2.24, 2.45) is 0 Å². The SMILES string of the molecule is O=CC=C1C=COO1. The van der Waals surface area contributed by atoms with Crippen molar-refractivity contribution in [2.45, 2.75) is 0 Å². The van der Waals surface area contributed by atoms with Crippen LogP contribution in [0.25, 0.3) is 0 Å². The minimum Gasteiger partial charge on any atom is -0.298 e. The van der Waals surface area contributed by atoms with Crippen LogP contribution in [-0.2, 0) is 14.6 Å². The summed E-state index contributed by atoms with van der Waals surface area (Å²) in [5.74, 6) is 0.431. The van der Waals surface area contributed by atoms with E-state index in [4.69, 9.17) is 0 Å². The Labute approximate surface area is 46.1 Å². The molecule has 1 aliphatic rings. The second-order valence-corrected chi connectivity index (χ2v) is 1.19. The first-order valence-electron chi connectivity index (χ1n) is 2.09. The molecule has 1 rings (SSSR count). The van der Waals surface area contributed by atoms with Gasteiger partial charge in [0.2, 0.25) is 0 Å². The standard InChI is InChI=1S/C5H4O3/c6-3-1-5-2-4-7-8-5/h1-4H. The average molecular weight is 112 g/mol. The molecule has 8 heavy (non-hydrogen) atoms. The summed E-state index contributed by atoms with van der Waals surface area (Å²) in [6.07, 6.45) is 4.81. The van der Waals surface area contributed by atoms with Crippen molar-refractivity contribution < 1.29 is 14.6 Å². The summed E-state index contributed by atoms with van der Waals surface area (Å²) in [7, 11) is 0. The zero-order chi connectivity index (χ0) is 5.82. The van der Waals surface area contributed by atoms with E-state index in [2.05, 4.69) is 9.78 Å². The summed E-state index contributed by atoms with van der Waals surface area (Å²) in [5, 5.41) is 0. The second-order valence-electron chi connectivity index (χ2n) is 1.19. The van der Waals surface area contributed by atoms with Crippen LogP contribution in [0.5, 0.6) is 0 Å². The Balaban J connectivity index is 2.58. The van der Waals surface area contributed by atoms with Gasteiger partial charge in [-0.05, 0) is 0 Å². The lowest BCUT2D eigenvalue weighted by Crippen LogP contribution is -1.77. The molecule has 0 N–H and O–H groups in total. The number of carbonyl (C=O) groups excluding carboxylic acids is 1. The molecule has 3 nitrogen and oxygen atoms in total. The number of hydrogen-bond acceptors (Lipinski definition) is 3. The lowest BCUT2D eigenvalue weighted by molar-refractivity contribution is -0.191. The van der Waals surface area contributed by atoms with Gasteiger partial charge in [-0.3, -0.25) is 14.6 Å². The van der Waals surface area contributed by atoms with E-state index in [0.717, 1.165) is 0 Å². The third-order valence-corrected chi connectivity index (χ3v) is 0.665. The van der Waals surface area contributed by atoms with Crippen molar-refractivity contribution in [3.05, 3.63) is 24.2 Å². The van der Waals surface area contributed by atoms with Gasteiger partial charge in [0.25, 0.3) is 0 Å². The van der Waals surface area contributed by atoms with Crippen LogP contribution in [0.2, 0.25) is 0 Å². The van der Waals surface area contributed by atoms with Crippen molar-refractivity contribution >= 4 is 6.29 Å². The minimum atomic E-state index is 0.431. The van der Waals surface area contributed by atoms with Crippen molar-refractivity contribution in [1.82, 2.24) is 0 Å². The van der Waals surface area contributed by atoms with Gasteiger partial charge in [-0.15, -0.1) is 0 Å². The van der Waals surface area contributed by atoms with Crippen molar-refractivity contribution in [3.63, 3.8) is 0 Å². The van der Waals surface area contributed by atoms with Crippen molar-refractivity contribution in [2.75, 3.05) is 0 Å². The monoisotopic (exact) mass is 112 g/mol. The molecule has 0 unspecified atom stereocenters. The van der Waals surface area contributed by atoms with Gasteiger partial charge < -0.3 is 0 Å². The Kier molecular flexibility index (Phi) is 1.32. The van der Waals surface area contributed by atoms with E-state index in [0.29, 0.717) is 12.0 Å². The molecule has 0 bridgehead atoms. The summed E-state index contributed by atoms with van der Waals surface area (Å²) >= 11 is 0. The van der Waals surface area contributed by atoms with Gasteiger partial charge in [0.1, 0.15) is 12.5 Å². The molecule has 0 aromatic rings. The predicted octanol–water partition coefficient (Wildman–Crippen LogP) is 0.545. The smallest absolute Gasteiger partial charge is 0.185 e. The number of aldehydes is 1. The van der Waals surface area contributed by atoms with Crippen LogP contribution >= 0.6 is 0 Å². The zero-order valence-corrected chi connectivity index (χ0v) is 4.03. The van der Waals surface area contributed by atoms with Crippen LogP contribution in [0.15, 0.2) is 24.2 Å². The molecule has 0 amide bonds. The zero-order valence-electron chi connectivity index (χ0n) is 4.03. The summed E-state index contributed by atoms with van der Waals surface area (Å²) in [4.78, 5) is 18.4. The van der Waals surface area contributed by atoms with E-state index in [9.17, 15) is 4.79 Å². The fourth-order valence-electron chi connectivity index (χ4n) is 0.356. The van der Waals surface area contributed by atoms with Gasteiger partial charge in [-0.1, -0.05) is 0 Å². The molecular formula is C5H4O3. The molecule has 0 saturated heterocycles. The third-order valence-electron chi connectivity index (χ3n) is 0.665. The Hall–Kier alpha value is -1.25. The highest BCUT2D eigenvalue weighted by Crippen LogP contribution is 2.06. The molecular weight excluding hydrogens is 108 g/mol. The molecule has 0 aromatic carbocycles. The van der Waals surface area contributed by atoms with Gasteiger partial charge in [-0.25, -0.2) is 0 Å². The second kappa shape index (κ2) is 2.16. The first-order valence-corrected chi connectivity index (χ1v) is 2.09. The summed E-state index contributed by atoms with van der Waals surface area (Å²) < 4.78 is 0. The molecule has 1 aliphatic heterocycles. The van der Waals surface area contributed by atoms with Crippen LogP contribution in [-0.4, -0.2) is 6.29 Å². The molecule has 0 saturated carbocycles. The molecule has 42 valence electrons. The molecule has 0 radical (unpaired) electrons. The Bertz CT molecular complexity index is 146. The van der Waals surface area contributed by atoms with Crippen LogP contribution in [0.4, 0.5) is 0 Å². The fraction of sp³-hybridized carbons (Fsp3) is 0. The summed E-state index contributed by atoms with van der Waals surface area (Å²) in [5.41, 5.74) is 0. The third kappa shape index (κ3) is 0.872. The maximum atomic E-state index is 9.72. The molecule has 3 heteroatoms. The first-order chi connectivity index (χ1) is 3.93. The minimum absolute atomic E-state index is 0.431. The highest BCUT2D eigenvalue weighted by molar-refractivity contribution is 5.66. The molecule has 0 aromatic heterocycles. The topological polar surface area (TPSA) is 35.5 Å². The summed E-state index contributed by atoms with van der Waals surface area (Å²) in [6.45, 7) is 0. The van der Waals surface area contributed by atoms with E-state index in [-0.39, 0.29) is 0 Å². The highest BCUT2D eigenvalue weighted by Gasteiger charge is 1.98. The number of carbonyl (C=O) groups is 1. The van der Waals surface area contributed by atoms with Gasteiger partial charge in [0, 0.05) is 12.2 Å². The molecule has 0 fully saturated rings. The van der Waals surface area contributed by atoms with Crippen molar-refractivity contribution in [3.8, 4) is 0 Å². The molecule has 0 spiro atoms. The molecule has 0 aliphatic carbocycles. The molecule has 0 atom stereocenters. The van der Waals surface area contributed by atoms with Gasteiger partial charge in [0.05, 0.1) is 0 Å². The number of rotatable bonds is 1. The normalized spacial score (nSPS) is 20.2. The Morgan fingerprint density at radius 3 is 3.00 bits per heavy atom. The lowest BCUT2D eigenvalue weighted by atomic mass is 10.5. The van der Waals surface area contributed by atoms with Crippen LogP contribution in [0.1, 0.15) is 0 Å². The maximum absolute atomic E-state index is 9.72. The van der Waals surface area contributed by atoms with E-state index in [1.54, 1.807) is 6.08 Å². The quantitative estimate of drug-likeness (QED) is 0.282. The largest absolute Gasteiger partial charge is 0.298 e. The maximum Gasteiger partial charge on any atom is 0.185 e. The molecule has 1 heterocycles. The van der Waals surface area contributed by atoms with Crippen LogP contribution in [0.3, 0.4) is 0 Å². The number of hydrogen-bond donors (Lipinski definition) is 0. The fourth-order valence-corrected chi connectivity index (χ4v) is 0.356. The van der Waals surface area contributed by atoms with Gasteiger partial charge >= 0.3 is 0 Å². The predicted molar refractivity (Wildman–Crippen MR) is 25.5 cm³/mol. The lowest BCUT2D eigenvalue weighted by Gasteiger charge is -1.88. The number of allylic oxidation sites excluding steroid dienone is 2. The van der Waals surface area contributed by atoms with E-state index >= 15 is 0 Å². The highest BCUT2D eigenvalue weighted by atomic mass is 17.2. The summed E-state index contributed by atoms with van der Waals surface area (Å²) in [6, 6.07) is 0. The van der Waals surface area contributed by atoms with E-state index < -0.39 is 0 Å². The van der Waals surface area contributed by atoms with Crippen LogP contribution in [0, 0.1) is 0 Å². The Morgan fingerprint density at radius 2 is 2.50 bits per heavy atom. The first kappa shape index (κ1) is 4.90. The van der Waals surface area contributed by atoms with Crippen molar-refractivity contribution in [1.29, 1.82) is 0 Å². The Morgan fingerprint density at radius 1 is 1.62 bits per heavy atom. The van der Waals surface area contributed by atoms with Gasteiger partial charge in [-0.2, -0.15) is 0 Å². The van der Waals surface area contributed by atoms with E-state index in [1.807, 2.05) is 0 Å². The van der Waals surface area contributed by atoms with Crippen LogP contribution < -0.4 is 0 Å².